The lowest BCUT2D eigenvalue weighted by Gasteiger charge is -2.19. The predicted molar refractivity (Wildman–Crippen MR) is 76.5 cm³/mol. The van der Waals surface area contributed by atoms with E-state index in [-0.39, 0.29) is 11.8 Å². The highest BCUT2D eigenvalue weighted by Crippen LogP contribution is 2.23. The molecule has 1 aliphatic carbocycles. The molecule has 1 fully saturated rings. The van der Waals surface area contributed by atoms with Crippen molar-refractivity contribution in [3.8, 4) is 0 Å². The molecule has 2 rings (SSSR count). The van der Waals surface area contributed by atoms with Crippen molar-refractivity contribution in [2.45, 2.75) is 32.1 Å². The zero-order chi connectivity index (χ0) is 12.8. The fourth-order valence-electron chi connectivity index (χ4n) is 2.20. The molecule has 18 heavy (non-hydrogen) atoms. The van der Waals surface area contributed by atoms with E-state index >= 15 is 0 Å². The van der Waals surface area contributed by atoms with Gasteiger partial charge in [-0.15, -0.1) is 0 Å². The second kappa shape index (κ2) is 6.69. The first-order chi connectivity index (χ1) is 8.77. The zero-order valence-corrected chi connectivity index (χ0v) is 11.8. The van der Waals surface area contributed by atoms with Crippen LogP contribution in [0.1, 0.15) is 37.7 Å². The van der Waals surface area contributed by atoms with Crippen molar-refractivity contribution in [3.63, 3.8) is 0 Å². The fourth-order valence-corrected chi connectivity index (χ4v) is 2.59. The van der Waals surface area contributed by atoms with Crippen LogP contribution in [0.5, 0.6) is 0 Å². The van der Waals surface area contributed by atoms with Crippen LogP contribution in [0.15, 0.2) is 33.8 Å². The van der Waals surface area contributed by atoms with Crippen molar-refractivity contribution in [1.29, 1.82) is 0 Å². The average molecular weight is 309 g/mol. The number of hydrogen-bond acceptors (Lipinski definition) is 2. The maximum absolute atomic E-state index is 11.8. The van der Waals surface area contributed by atoms with Crippen LogP contribution < -0.4 is 5.43 Å². The number of rotatable bonds is 3. The number of benzene rings is 1. The maximum Gasteiger partial charge on any atom is 0.243 e. The summed E-state index contributed by atoms with van der Waals surface area (Å²) < 4.78 is 0.973. The highest BCUT2D eigenvalue weighted by molar-refractivity contribution is 9.10. The van der Waals surface area contributed by atoms with Crippen molar-refractivity contribution >= 4 is 28.1 Å². The Morgan fingerprint density at radius 3 is 2.72 bits per heavy atom. The molecule has 1 saturated carbocycles. The molecule has 1 aliphatic rings. The fraction of sp³-hybridized carbons (Fsp3) is 0.429. The van der Waals surface area contributed by atoms with Crippen LogP contribution in [0.2, 0.25) is 0 Å². The summed E-state index contributed by atoms with van der Waals surface area (Å²) in [6.45, 7) is 0. The second-order valence-corrected chi connectivity index (χ2v) is 5.45. The van der Waals surface area contributed by atoms with Crippen molar-refractivity contribution in [2.24, 2.45) is 11.0 Å². The molecule has 0 saturated heterocycles. The molecule has 0 bridgehead atoms. The van der Waals surface area contributed by atoms with E-state index in [1.807, 2.05) is 24.3 Å². The van der Waals surface area contributed by atoms with E-state index < -0.39 is 0 Å². The quantitative estimate of drug-likeness (QED) is 0.674. The Bertz CT molecular complexity index is 439. The summed E-state index contributed by atoms with van der Waals surface area (Å²) in [7, 11) is 0. The lowest BCUT2D eigenvalue weighted by molar-refractivity contribution is -0.125. The van der Waals surface area contributed by atoms with Gasteiger partial charge in [-0.05, 0) is 18.9 Å². The Labute approximate surface area is 116 Å². The minimum Gasteiger partial charge on any atom is -0.273 e. The summed E-state index contributed by atoms with van der Waals surface area (Å²) >= 11 is 3.44. The van der Waals surface area contributed by atoms with Crippen LogP contribution in [0, 0.1) is 5.92 Å². The van der Waals surface area contributed by atoms with Gasteiger partial charge in [-0.25, -0.2) is 5.43 Å². The highest BCUT2D eigenvalue weighted by Gasteiger charge is 2.20. The van der Waals surface area contributed by atoms with Crippen LogP contribution in [0.3, 0.4) is 0 Å². The molecule has 1 N–H and O–H groups in total. The Kier molecular flexibility index (Phi) is 4.93. The molecule has 1 aromatic carbocycles. The summed E-state index contributed by atoms with van der Waals surface area (Å²) in [4.78, 5) is 11.8. The molecular formula is C14H17BrN2O. The van der Waals surface area contributed by atoms with Crippen LogP contribution in [0.4, 0.5) is 0 Å². The number of halogens is 1. The Balaban J connectivity index is 1.87. The molecule has 0 radical (unpaired) electrons. The molecule has 1 aromatic rings. The normalized spacial score (nSPS) is 16.9. The molecule has 0 aromatic heterocycles. The highest BCUT2D eigenvalue weighted by atomic mass is 79.9. The first-order valence-electron chi connectivity index (χ1n) is 6.35. The van der Waals surface area contributed by atoms with Gasteiger partial charge in [0.15, 0.2) is 0 Å². The van der Waals surface area contributed by atoms with Crippen LogP contribution in [-0.2, 0) is 4.79 Å². The first kappa shape index (κ1) is 13.3. The minimum atomic E-state index is 0.0537. The Morgan fingerprint density at radius 2 is 2.00 bits per heavy atom. The zero-order valence-electron chi connectivity index (χ0n) is 10.2. The molecule has 4 heteroatoms. The average Bonchev–Trinajstić information content (AvgIpc) is 2.42. The summed E-state index contributed by atoms with van der Waals surface area (Å²) in [5.41, 5.74) is 3.60. The van der Waals surface area contributed by atoms with Gasteiger partial charge in [0.25, 0.3) is 0 Å². The number of hydrazone groups is 1. The molecule has 0 unspecified atom stereocenters. The monoisotopic (exact) mass is 308 g/mol. The SMILES string of the molecule is O=C(N/N=C/c1ccccc1Br)C1CCCCC1. The van der Waals surface area contributed by atoms with E-state index in [1.165, 1.54) is 6.42 Å². The van der Waals surface area contributed by atoms with Gasteiger partial charge in [-0.3, -0.25) is 4.79 Å². The van der Waals surface area contributed by atoms with Gasteiger partial charge >= 0.3 is 0 Å². The molecule has 96 valence electrons. The summed E-state index contributed by atoms with van der Waals surface area (Å²) in [5.74, 6) is 0.202. The lowest BCUT2D eigenvalue weighted by atomic mass is 9.89. The predicted octanol–water partition coefficient (Wildman–Crippen LogP) is 3.48. The maximum atomic E-state index is 11.8. The van der Waals surface area contributed by atoms with Gasteiger partial charge in [0.2, 0.25) is 5.91 Å². The van der Waals surface area contributed by atoms with Gasteiger partial charge in [0.1, 0.15) is 0 Å². The van der Waals surface area contributed by atoms with Gasteiger partial charge in [0.05, 0.1) is 6.21 Å². The van der Waals surface area contributed by atoms with E-state index in [2.05, 4.69) is 26.5 Å². The third-order valence-corrected chi connectivity index (χ3v) is 3.98. The number of hydrogen-bond donors (Lipinski definition) is 1. The first-order valence-corrected chi connectivity index (χ1v) is 7.14. The summed E-state index contributed by atoms with van der Waals surface area (Å²) in [6.07, 6.45) is 7.24. The summed E-state index contributed by atoms with van der Waals surface area (Å²) in [5, 5.41) is 4.02. The van der Waals surface area contributed by atoms with E-state index in [4.69, 9.17) is 0 Å². The van der Waals surface area contributed by atoms with E-state index in [1.54, 1.807) is 6.21 Å². The van der Waals surface area contributed by atoms with E-state index in [9.17, 15) is 4.79 Å². The minimum absolute atomic E-state index is 0.0537. The van der Waals surface area contributed by atoms with Crippen LogP contribution in [-0.4, -0.2) is 12.1 Å². The van der Waals surface area contributed by atoms with Gasteiger partial charge in [-0.1, -0.05) is 53.4 Å². The number of carbonyl (C=O) groups excluding carboxylic acids is 1. The van der Waals surface area contributed by atoms with Crippen LogP contribution in [0.25, 0.3) is 0 Å². The molecular weight excluding hydrogens is 292 g/mol. The van der Waals surface area contributed by atoms with Crippen molar-refractivity contribution in [2.75, 3.05) is 0 Å². The summed E-state index contributed by atoms with van der Waals surface area (Å²) in [6, 6.07) is 7.78. The third kappa shape index (κ3) is 3.67. The smallest absolute Gasteiger partial charge is 0.243 e. The molecule has 0 atom stereocenters. The van der Waals surface area contributed by atoms with E-state index in [0.717, 1.165) is 35.7 Å². The Hall–Kier alpha value is -1.16. The largest absolute Gasteiger partial charge is 0.273 e. The molecule has 1 amide bonds. The van der Waals surface area contributed by atoms with Gasteiger partial charge < -0.3 is 0 Å². The van der Waals surface area contributed by atoms with Crippen molar-refractivity contribution in [3.05, 3.63) is 34.3 Å². The second-order valence-electron chi connectivity index (χ2n) is 4.59. The third-order valence-electron chi connectivity index (χ3n) is 3.26. The van der Waals surface area contributed by atoms with Gasteiger partial charge in [0, 0.05) is 16.0 Å². The number of nitrogens with zero attached hydrogens (tertiary/aromatic N) is 1. The Morgan fingerprint density at radius 1 is 1.28 bits per heavy atom. The number of nitrogens with one attached hydrogen (secondary N) is 1. The van der Waals surface area contributed by atoms with E-state index in [0.29, 0.717) is 0 Å². The molecule has 3 nitrogen and oxygen atoms in total. The number of carbonyl (C=O) groups is 1. The molecule has 0 heterocycles. The van der Waals surface area contributed by atoms with Crippen molar-refractivity contribution in [1.82, 2.24) is 5.43 Å². The molecule has 0 spiro atoms. The standard InChI is InChI=1S/C14H17BrN2O/c15-13-9-5-4-8-12(13)10-16-17-14(18)11-6-2-1-3-7-11/h4-5,8-11H,1-3,6-7H2,(H,17,18)/b16-10+. The topological polar surface area (TPSA) is 41.5 Å². The van der Waals surface area contributed by atoms with Gasteiger partial charge in [-0.2, -0.15) is 5.10 Å². The lowest BCUT2D eigenvalue weighted by Crippen LogP contribution is -2.28. The molecule has 0 aliphatic heterocycles. The van der Waals surface area contributed by atoms with Crippen LogP contribution >= 0.6 is 15.9 Å². The number of amides is 1. The van der Waals surface area contributed by atoms with Crippen molar-refractivity contribution < 1.29 is 4.79 Å².